The molecule has 1 fully saturated rings. The minimum Gasteiger partial charge on any atom is -0.338 e. The average Bonchev–Trinajstić information content (AvgIpc) is 2.06. The normalized spacial score (nSPS) is 15.1. The van der Waals surface area contributed by atoms with Gasteiger partial charge in [-0.05, 0) is 24.6 Å². The molecule has 1 saturated heterocycles. The maximum atomic E-state index is 11.8. The Balaban J connectivity index is 2.29. The van der Waals surface area contributed by atoms with Crippen LogP contribution in [-0.2, 0) is 0 Å². The minimum absolute atomic E-state index is 0.0243. The molecule has 0 bridgehead atoms. The Kier molecular flexibility index (Phi) is 2.66. The number of benzene rings is 1. The van der Waals surface area contributed by atoms with Gasteiger partial charge in [-0.15, -0.1) is 0 Å². The molecule has 0 spiro atoms. The molecule has 14 heavy (non-hydrogen) atoms. The van der Waals surface area contributed by atoms with Crippen molar-refractivity contribution in [2.24, 2.45) is 0 Å². The lowest BCUT2D eigenvalue weighted by Crippen LogP contribution is -2.42. The fourth-order valence-corrected chi connectivity index (χ4v) is 1.72. The van der Waals surface area contributed by atoms with Crippen LogP contribution in [0.25, 0.3) is 0 Å². The Morgan fingerprint density at radius 2 is 2.00 bits per heavy atom. The average molecular weight is 230 g/mol. The molecule has 2 rings (SSSR count). The Bertz CT molecular complexity index is 374. The Hall–Kier alpha value is -0.730. The van der Waals surface area contributed by atoms with E-state index in [1.54, 1.807) is 23.1 Å². The Labute approximate surface area is 92.4 Å². The van der Waals surface area contributed by atoms with Gasteiger partial charge < -0.3 is 4.90 Å². The smallest absolute Gasteiger partial charge is 0.255 e. The van der Waals surface area contributed by atoms with Crippen molar-refractivity contribution in [3.05, 3.63) is 33.8 Å². The van der Waals surface area contributed by atoms with Crippen molar-refractivity contribution in [3.63, 3.8) is 0 Å². The molecular formula is C10H9Cl2NO. The summed E-state index contributed by atoms with van der Waals surface area (Å²) in [7, 11) is 0. The van der Waals surface area contributed by atoms with E-state index in [0.29, 0.717) is 15.6 Å². The zero-order chi connectivity index (χ0) is 10.1. The predicted octanol–water partition coefficient (Wildman–Crippen LogP) is 2.84. The molecule has 1 aromatic rings. The first kappa shape index (κ1) is 9.81. The first-order valence-corrected chi connectivity index (χ1v) is 5.18. The molecule has 0 N–H and O–H groups in total. The minimum atomic E-state index is -0.0243. The fourth-order valence-electron chi connectivity index (χ4n) is 1.35. The number of halogens is 2. The lowest BCUT2D eigenvalue weighted by molar-refractivity contribution is 0.0652. The molecule has 0 aliphatic carbocycles. The van der Waals surface area contributed by atoms with Crippen LogP contribution >= 0.6 is 23.2 Å². The number of amides is 1. The van der Waals surface area contributed by atoms with E-state index in [-0.39, 0.29) is 5.91 Å². The van der Waals surface area contributed by atoms with Crippen molar-refractivity contribution in [1.29, 1.82) is 0 Å². The number of carbonyl (C=O) groups is 1. The number of likely N-dealkylation sites (tertiary alicyclic amines) is 1. The van der Waals surface area contributed by atoms with Crippen LogP contribution in [0.3, 0.4) is 0 Å². The molecule has 1 aliphatic heterocycles. The maximum Gasteiger partial charge on any atom is 0.255 e. The SMILES string of the molecule is O=C(c1cc(Cl)ccc1Cl)N1CCC1. The highest BCUT2D eigenvalue weighted by atomic mass is 35.5. The third-order valence-corrected chi connectivity index (χ3v) is 2.87. The highest BCUT2D eigenvalue weighted by Gasteiger charge is 2.23. The van der Waals surface area contributed by atoms with E-state index in [9.17, 15) is 4.79 Å². The molecule has 0 unspecified atom stereocenters. The molecule has 1 amide bonds. The van der Waals surface area contributed by atoms with Crippen molar-refractivity contribution < 1.29 is 4.79 Å². The van der Waals surface area contributed by atoms with Crippen molar-refractivity contribution >= 4 is 29.1 Å². The number of rotatable bonds is 1. The quantitative estimate of drug-likeness (QED) is 0.726. The van der Waals surface area contributed by atoms with Gasteiger partial charge in [0.2, 0.25) is 0 Å². The van der Waals surface area contributed by atoms with Gasteiger partial charge in [-0.1, -0.05) is 23.2 Å². The summed E-state index contributed by atoms with van der Waals surface area (Å²) >= 11 is 11.7. The molecule has 1 aromatic carbocycles. The summed E-state index contributed by atoms with van der Waals surface area (Å²) in [4.78, 5) is 13.5. The van der Waals surface area contributed by atoms with Crippen LogP contribution in [0.2, 0.25) is 10.0 Å². The molecule has 0 atom stereocenters. The molecule has 1 aliphatic rings. The van der Waals surface area contributed by atoms with Crippen molar-refractivity contribution in [1.82, 2.24) is 4.90 Å². The van der Waals surface area contributed by atoms with E-state index in [1.807, 2.05) is 0 Å². The molecule has 1 heterocycles. The van der Waals surface area contributed by atoms with Gasteiger partial charge in [0.1, 0.15) is 0 Å². The second-order valence-corrected chi connectivity index (χ2v) is 4.11. The van der Waals surface area contributed by atoms with E-state index in [2.05, 4.69) is 0 Å². The van der Waals surface area contributed by atoms with Crippen molar-refractivity contribution in [2.75, 3.05) is 13.1 Å². The topological polar surface area (TPSA) is 20.3 Å². The van der Waals surface area contributed by atoms with E-state index in [0.717, 1.165) is 19.5 Å². The summed E-state index contributed by atoms with van der Waals surface area (Å²) in [5.74, 6) is -0.0243. The molecular weight excluding hydrogens is 221 g/mol. The number of carbonyl (C=O) groups excluding carboxylic acids is 1. The van der Waals surface area contributed by atoms with Crippen LogP contribution in [0.15, 0.2) is 18.2 Å². The summed E-state index contributed by atoms with van der Waals surface area (Å²) in [6.07, 6.45) is 1.07. The lowest BCUT2D eigenvalue weighted by atomic mass is 10.1. The van der Waals surface area contributed by atoms with Crippen LogP contribution in [0.5, 0.6) is 0 Å². The van der Waals surface area contributed by atoms with Gasteiger partial charge in [0, 0.05) is 18.1 Å². The molecule has 0 saturated carbocycles. The number of hydrogen-bond acceptors (Lipinski definition) is 1. The summed E-state index contributed by atoms with van der Waals surface area (Å²) in [5.41, 5.74) is 0.499. The van der Waals surface area contributed by atoms with Crippen molar-refractivity contribution in [2.45, 2.75) is 6.42 Å². The molecule has 4 heteroatoms. The van der Waals surface area contributed by atoms with E-state index >= 15 is 0 Å². The fraction of sp³-hybridized carbons (Fsp3) is 0.300. The monoisotopic (exact) mass is 229 g/mol. The van der Waals surface area contributed by atoms with Crippen LogP contribution in [0, 0.1) is 0 Å². The Morgan fingerprint density at radius 3 is 2.57 bits per heavy atom. The standard InChI is InChI=1S/C10H9Cl2NO/c11-7-2-3-9(12)8(6-7)10(14)13-4-1-5-13/h2-3,6H,1,4-5H2. The van der Waals surface area contributed by atoms with Gasteiger partial charge in [-0.25, -0.2) is 0 Å². The van der Waals surface area contributed by atoms with Crippen LogP contribution in [0.1, 0.15) is 16.8 Å². The van der Waals surface area contributed by atoms with Gasteiger partial charge in [0.05, 0.1) is 10.6 Å². The van der Waals surface area contributed by atoms with Gasteiger partial charge >= 0.3 is 0 Å². The largest absolute Gasteiger partial charge is 0.338 e. The number of nitrogens with zero attached hydrogens (tertiary/aromatic N) is 1. The molecule has 0 aromatic heterocycles. The lowest BCUT2D eigenvalue weighted by Gasteiger charge is -2.31. The highest BCUT2D eigenvalue weighted by molar-refractivity contribution is 6.35. The summed E-state index contributed by atoms with van der Waals surface area (Å²) in [5, 5.41) is 1.00. The zero-order valence-electron chi connectivity index (χ0n) is 7.46. The van der Waals surface area contributed by atoms with Gasteiger partial charge in [0.25, 0.3) is 5.91 Å². The first-order valence-electron chi connectivity index (χ1n) is 4.43. The van der Waals surface area contributed by atoms with Crippen LogP contribution < -0.4 is 0 Å². The van der Waals surface area contributed by atoms with Crippen LogP contribution in [-0.4, -0.2) is 23.9 Å². The predicted molar refractivity (Wildman–Crippen MR) is 57.0 cm³/mol. The molecule has 0 radical (unpaired) electrons. The second-order valence-electron chi connectivity index (χ2n) is 3.27. The third kappa shape index (κ3) is 1.72. The van der Waals surface area contributed by atoms with Gasteiger partial charge in [-0.3, -0.25) is 4.79 Å². The second kappa shape index (κ2) is 3.79. The van der Waals surface area contributed by atoms with Gasteiger partial charge in [-0.2, -0.15) is 0 Å². The molecule has 2 nitrogen and oxygen atoms in total. The van der Waals surface area contributed by atoms with Crippen LogP contribution in [0.4, 0.5) is 0 Å². The van der Waals surface area contributed by atoms with E-state index in [1.165, 1.54) is 0 Å². The maximum absolute atomic E-state index is 11.8. The third-order valence-electron chi connectivity index (χ3n) is 2.30. The highest BCUT2D eigenvalue weighted by Crippen LogP contribution is 2.23. The van der Waals surface area contributed by atoms with E-state index < -0.39 is 0 Å². The first-order chi connectivity index (χ1) is 6.68. The Morgan fingerprint density at radius 1 is 1.29 bits per heavy atom. The number of hydrogen-bond donors (Lipinski definition) is 0. The molecule has 74 valence electrons. The summed E-state index contributed by atoms with van der Waals surface area (Å²) < 4.78 is 0. The zero-order valence-corrected chi connectivity index (χ0v) is 8.98. The van der Waals surface area contributed by atoms with E-state index in [4.69, 9.17) is 23.2 Å². The van der Waals surface area contributed by atoms with Crippen molar-refractivity contribution in [3.8, 4) is 0 Å². The summed E-state index contributed by atoms with van der Waals surface area (Å²) in [6.45, 7) is 1.64. The van der Waals surface area contributed by atoms with Gasteiger partial charge in [0.15, 0.2) is 0 Å². The summed E-state index contributed by atoms with van der Waals surface area (Å²) in [6, 6.07) is 4.94.